The molecule has 0 spiro atoms. The van der Waals surface area contributed by atoms with Crippen LogP contribution in [0.5, 0.6) is 0 Å². The second kappa shape index (κ2) is 5.31. The minimum absolute atomic E-state index is 0.148. The van der Waals surface area contributed by atoms with Crippen LogP contribution in [-0.2, 0) is 6.18 Å². The summed E-state index contributed by atoms with van der Waals surface area (Å²) in [6, 6.07) is 1.14. The summed E-state index contributed by atoms with van der Waals surface area (Å²) in [6.07, 6.45) is -10.5. The number of allylic oxidation sites excluding steroid dienone is 1. The van der Waals surface area contributed by atoms with Crippen molar-refractivity contribution in [2.75, 3.05) is 0 Å². The highest BCUT2D eigenvalue weighted by Crippen LogP contribution is 2.38. The minimum atomic E-state index is -5.19. The van der Waals surface area contributed by atoms with Gasteiger partial charge in [0.15, 0.2) is 0 Å². The van der Waals surface area contributed by atoms with E-state index in [-0.39, 0.29) is 6.07 Å². The lowest BCUT2D eigenvalue weighted by Crippen LogP contribution is -2.14. The van der Waals surface area contributed by atoms with Crippen molar-refractivity contribution in [2.45, 2.75) is 12.4 Å². The van der Waals surface area contributed by atoms with Gasteiger partial charge in [0.2, 0.25) is 6.20 Å². The fourth-order valence-electron chi connectivity index (χ4n) is 1.33. The Balaban J connectivity index is 3.51. The summed E-state index contributed by atoms with van der Waals surface area (Å²) in [4.78, 5) is 8.76. The molecule has 0 radical (unpaired) electrons. The van der Waals surface area contributed by atoms with E-state index in [0.717, 1.165) is 0 Å². The maximum absolute atomic E-state index is 12.6. The van der Waals surface area contributed by atoms with E-state index in [1.807, 2.05) is 0 Å². The van der Waals surface area contributed by atoms with Crippen LogP contribution in [0.3, 0.4) is 0 Å². The van der Waals surface area contributed by atoms with Crippen LogP contribution in [0.1, 0.15) is 11.1 Å². The Bertz CT molecular complexity index is 564. The van der Waals surface area contributed by atoms with E-state index in [9.17, 15) is 36.5 Å². The van der Waals surface area contributed by atoms with Crippen molar-refractivity contribution in [3.8, 4) is 0 Å². The molecule has 0 heterocycles. The number of alkyl halides is 6. The summed E-state index contributed by atoms with van der Waals surface area (Å²) >= 11 is 5.32. The number of nitrogens with zero attached hydrogens (tertiary/aromatic N) is 1. The topological polar surface area (TPSA) is 43.1 Å². The molecule has 0 aliphatic rings. The van der Waals surface area contributed by atoms with E-state index in [2.05, 4.69) is 0 Å². The summed E-state index contributed by atoms with van der Waals surface area (Å²) in [7, 11) is 0. The van der Waals surface area contributed by atoms with Crippen molar-refractivity contribution >= 4 is 17.2 Å². The molecule has 20 heavy (non-hydrogen) atoms. The molecule has 0 saturated carbocycles. The lowest BCUT2D eigenvalue weighted by molar-refractivity contribution is -0.402. The van der Waals surface area contributed by atoms with Gasteiger partial charge in [-0.05, 0) is 23.8 Å². The first-order chi connectivity index (χ1) is 8.91. The van der Waals surface area contributed by atoms with Gasteiger partial charge in [-0.15, -0.1) is 0 Å². The average molecular weight is 320 g/mol. The van der Waals surface area contributed by atoms with E-state index in [4.69, 9.17) is 11.6 Å². The quantitative estimate of drug-likeness (QED) is 0.456. The number of rotatable bonds is 2. The first-order valence-corrected chi connectivity index (χ1v) is 5.09. The highest BCUT2D eigenvalue weighted by molar-refractivity contribution is 6.30. The molecule has 0 fully saturated rings. The van der Waals surface area contributed by atoms with Crippen molar-refractivity contribution in [3.05, 3.63) is 50.7 Å². The SMILES string of the molecule is O=[N+]([O-])/C=C(\c1cc(Cl)cc(C(F)(F)F)c1)C(F)(F)F. The lowest BCUT2D eigenvalue weighted by Gasteiger charge is -2.13. The van der Waals surface area contributed by atoms with Crippen molar-refractivity contribution in [3.63, 3.8) is 0 Å². The third kappa shape index (κ3) is 4.12. The second-order valence-corrected chi connectivity index (χ2v) is 3.99. The molecular weight excluding hydrogens is 316 g/mol. The third-order valence-corrected chi connectivity index (χ3v) is 2.29. The molecule has 0 amide bonds. The molecule has 1 aromatic carbocycles. The first-order valence-electron chi connectivity index (χ1n) is 4.72. The van der Waals surface area contributed by atoms with Gasteiger partial charge in [0, 0.05) is 5.02 Å². The van der Waals surface area contributed by atoms with Crippen LogP contribution in [0.25, 0.3) is 5.57 Å². The minimum Gasteiger partial charge on any atom is -0.259 e. The number of benzene rings is 1. The summed E-state index contributed by atoms with van der Waals surface area (Å²) in [5.41, 5.74) is -4.29. The fourth-order valence-corrected chi connectivity index (χ4v) is 1.56. The third-order valence-electron chi connectivity index (χ3n) is 2.08. The number of halogens is 7. The smallest absolute Gasteiger partial charge is 0.259 e. The van der Waals surface area contributed by atoms with Crippen LogP contribution < -0.4 is 0 Å². The van der Waals surface area contributed by atoms with Crippen molar-refractivity contribution in [2.24, 2.45) is 0 Å². The Hall–Kier alpha value is -1.77. The van der Waals surface area contributed by atoms with Gasteiger partial charge in [-0.3, -0.25) is 10.1 Å². The van der Waals surface area contributed by atoms with Crippen LogP contribution in [0, 0.1) is 10.1 Å². The van der Waals surface area contributed by atoms with Gasteiger partial charge in [0.05, 0.1) is 10.5 Å². The Morgan fingerprint density at radius 1 is 1.15 bits per heavy atom. The predicted molar refractivity (Wildman–Crippen MR) is 57.5 cm³/mol. The van der Waals surface area contributed by atoms with E-state index in [1.165, 1.54) is 0 Å². The van der Waals surface area contributed by atoms with E-state index < -0.39 is 45.2 Å². The Morgan fingerprint density at radius 3 is 2.10 bits per heavy atom. The molecule has 0 aromatic heterocycles. The summed E-state index contributed by atoms with van der Waals surface area (Å²) in [6.45, 7) is 0. The van der Waals surface area contributed by atoms with Crippen molar-refractivity contribution in [1.82, 2.24) is 0 Å². The predicted octanol–water partition coefficient (Wildman–Crippen LogP) is 4.54. The van der Waals surface area contributed by atoms with E-state index in [1.54, 1.807) is 0 Å². The van der Waals surface area contributed by atoms with Gasteiger partial charge >= 0.3 is 12.4 Å². The zero-order chi connectivity index (χ0) is 15.7. The van der Waals surface area contributed by atoms with Gasteiger partial charge in [-0.2, -0.15) is 26.3 Å². The highest BCUT2D eigenvalue weighted by atomic mass is 35.5. The average Bonchev–Trinajstić information content (AvgIpc) is 2.22. The molecule has 0 aliphatic heterocycles. The summed E-state index contributed by atoms with van der Waals surface area (Å²) in [5, 5.41) is 9.55. The Morgan fingerprint density at radius 2 is 1.70 bits per heavy atom. The maximum atomic E-state index is 12.6. The summed E-state index contributed by atoms with van der Waals surface area (Å²) < 4.78 is 75.3. The van der Waals surface area contributed by atoms with Crippen LogP contribution >= 0.6 is 11.6 Å². The molecule has 110 valence electrons. The van der Waals surface area contributed by atoms with E-state index in [0.29, 0.717) is 12.1 Å². The van der Waals surface area contributed by atoms with Gasteiger partial charge < -0.3 is 0 Å². The fraction of sp³-hybridized carbons (Fsp3) is 0.200. The lowest BCUT2D eigenvalue weighted by atomic mass is 10.0. The molecule has 0 aliphatic carbocycles. The van der Waals surface area contributed by atoms with Crippen molar-refractivity contribution in [1.29, 1.82) is 0 Å². The molecule has 1 aromatic rings. The molecular formula is C10H4ClF6NO2. The first kappa shape index (κ1) is 16.3. The number of hydrogen-bond donors (Lipinski definition) is 0. The molecule has 10 heteroatoms. The molecule has 0 N–H and O–H groups in total. The van der Waals surface area contributed by atoms with Gasteiger partial charge in [0.25, 0.3) is 0 Å². The molecule has 3 nitrogen and oxygen atoms in total. The Kier molecular flexibility index (Phi) is 4.33. The van der Waals surface area contributed by atoms with Crippen LogP contribution in [0.4, 0.5) is 26.3 Å². The molecule has 0 atom stereocenters. The van der Waals surface area contributed by atoms with E-state index >= 15 is 0 Å². The monoisotopic (exact) mass is 319 g/mol. The normalized spacial score (nSPS) is 13.4. The largest absolute Gasteiger partial charge is 0.422 e. The van der Waals surface area contributed by atoms with Crippen LogP contribution in [0.2, 0.25) is 5.02 Å². The standard InChI is InChI=1S/C10H4ClF6NO2/c11-7-2-5(1-6(3-7)9(12,13)14)8(4-18(19)20)10(15,16)17/h1-4H/b8-4+. The zero-order valence-electron chi connectivity index (χ0n) is 9.22. The summed E-state index contributed by atoms with van der Waals surface area (Å²) in [5.74, 6) is 0. The molecule has 0 bridgehead atoms. The number of nitro groups is 1. The Labute approximate surface area is 112 Å². The maximum Gasteiger partial charge on any atom is 0.422 e. The van der Waals surface area contributed by atoms with Gasteiger partial charge in [-0.1, -0.05) is 11.6 Å². The zero-order valence-corrected chi connectivity index (χ0v) is 9.97. The molecule has 0 saturated heterocycles. The van der Waals surface area contributed by atoms with Gasteiger partial charge in [-0.25, -0.2) is 0 Å². The second-order valence-electron chi connectivity index (χ2n) is 3.55. The van der Waals surface area contributed by atoms with Crippen LogP contribution in [0.15, 0.2) is 24.4 Å². The highest BCUT2D eigenvalue weighted by Gasteiger charge is 2.39. The van der Waals surface area contributed by atoms with Crippen molar-refractivity contribution < 1.29 is 31.3 Å². The van der Waals surface area contributed by atoms with Gasteiger partial charge in [0.1, 0.15) is 5.57 Å². The molecule has 0 unspecified atom stereocenters. The van der Waals surface area contributed by atoms with Crippen LogP contribution in [-0.4, -0.2) is 11.1 Å². The number of hydrogen-bond acceptors (Lipinski definition) is 2. The molecule has 1 rings (SSSR count).